The fourth-order valence-electron chi connectivity index (χ4n) is 2.82. The zero-order valence-electron chi connectivity index (χ0n) is 12.8. The maximum Gasteiger partial charge on any atom is 0.260 e. The van der Waals surface area contributed by atoms with Gasteiger partial charge in [-0.15, -0.1) is 0 Å². The Morgan fingerprint density at radius 1 is 1.13 bits per heavy atom. The van der Waals surface area contributed by atoms with Gasteiger partial charge in [0.05, 0.1) is 5.69 Å². The van der Waals surface area contributed by atoms with Crippen LogP contribution in [-0.2, 0) is 16.6 Å². The molecule has 23 heavy (non-hydrogen) atoms. The summed E-state index contributed by atoms with van der Waals surface area (Å²) in [5.41, 5.74) is 7.30. The van der Waals surface area contributed by atoms with Crippen molar-refractivity contribution in [3.8, 4) is 0 Å². The number of rotatable bonds is 4. The van der Waals surface area contributed by atoms with E-state index >= 15 is 0 Å². The molecule has 0 saturated carbocycles. The van der Waals surface area contributed by atoms with E-state index in [1.807, 2.05) is 36.8 Å². The summed E-state index contributed by atoms with van der Waals surface area (Å²) in [6.45, 7) is 1.11. The second-order valence-corrected chi connectivity index (χ2v) is 7.51. The van der Waals surface area contributed by atoms with Gasteiger partial charge < -0.3 is 5.73 Å². The van der Waals surface area contributed by atoms with Crippen LogP contribution in [0.25, 0.3) is 0 Å². The quantitative estimate of drug-likeness (QED) is 0.929. The second-order valence-electron chi connectivity index (χ2n) is 5.63. The predicted octanol–water partition coefficient (Wildman–Crippen LogP) is 1.92. The summed E-state index contributed by atoms with van der Waals surface area (Å²) < 4.78 is 27.2. The number of nitrogens with zero attached hydrogens (tertiary/aromatic N) is 2. The zero-order valence-corrected chi connectivity index (χ0v) is 13.6. The number of aromatic nitrogens is 1. The lowest BCUT2D eigenvalue weighted by atomic mass is 9.92. The lowest BCUT2D eigenvalue weighted by Gasteiger charge is -2.31. The molecule has 2 heterocycles. The number of nitrogens with two attached hydrogens (primary N) is 1. The van der Waals surface area contributed by atoms with E-state index in [4.69, 9.17) is 5.73 Å². The Morgan fingerprint density at radius 3 is 2.65 bits per heavy atom. The van der Waals surface area contributed by atoms with Crippen molar-refractivity contribution < 1.29 is 8.42 Å². The van der Waals surface area contributed by atoms with Crippen molar-refractivity contribution in [3.63, 3.8) is 0 Å². The van der Waals surface area contributed by atoms with Crippen LogP contribution in [-0.4, -0.2) is 30.8 Å². The van der Waals surface area contributed by atoms with Crippen molar-refractivity contribution in [1.29, 1.82) is 0 Å². The molecule has 2 N–H and O–H groups in total. The number of benzene rings is 1. The highest BCUT2D eigenvalue weighted by Gasteiger charge is 2.31. The molecule has 6 heteroatoms. The molecule has 1 atom stereocenters. The van der Waals surface area contributed by atoms with Gasteiger partial charge in [-0.25, -0.2) is 13.4 Å². The van der Waals surface area contributed by atoms with E-state index in [1.54, 1.807) is 12.1 Å². The molecule has 1 saturated heterocycles. The highest BCUT2D eigenvalue weighted by Crippen LogP contribution is 2.29. The Labute approximate surface area is 137 Å². The molecule has 1 unspecified atom stereocenters. The maximum absolute atomic E-state index is 12.8. The summed E-state index contributed by atoms with van der Waals surface area (Å²) >= 11 is 0. The summed E-state index contributed by atoms with van der Waals surface area (Å²) in [7, 11) is -3.60. The lowest BCUT2D eigenvalue weighted by Crippen LogP contribution is -2.39. The van der Waals surface area contributed by atoms with E-state index in [-0.39, 0.29) is 17.5 Å². The normalized spacial score (nSPS) is 19.6. The topological polar surface area (TPSA) is 76.3 Å². The second kappa shape index (κ2) is 6.78. The van der Waals surface area contributed by atoms with Gasteiger partial charge in [-0.1, -0.05) is 36.4 Å². The van der Waals surface area contributed by atoms with Gasteiger partial charge in [0.25, 0.3) is 10.0 Å². The smallest absolute Gasteiger partial charge is 0.260 e. The van der Waals surface area contributed by atoms with Crippen molar-refractivity contribution >= 4 is 10.0 Å². The molecule has 0 amide bonds. The van der Waals surface area contributed by atoms with Crippen LogP contribution in [0.4, 0.5) is 0 Å². The fraction of sp³-hybridized carbons (Fsp3) is 0.294. The van der Waals surface area contributed by atoms with Gasteiger partial charge in [0.1, 0.15) is 0 Å². The third-order valence-electron chi connectivity index (χ3n) is 4.07. The van der Waals surface area contributed by atoms with Crippen LogP contribution in [0.2, 0.25) is 0 Å². The molecule has 0 spiro atoms. The van der Waals surface area contributed by atoms with Crippen LogP contribution in [0.15, 0.2) is 53.6 Å². The molecular formula is C17H20N3O2S. The first-order valence-corrected chi connectivity index (χ1v) is 9.08. The molecule has 1 aromatic carbocycles. The molecule has 1 radical (unpaired) electrons. The number of pyridine rings is 1. The van der Waals surface area contributed by atoms with Gasteiger partial charge >= 0.3 is 0 Å². The number of sulfonamides is 1. The first kappa shape index (κ1) is 16.1. The maximum atomic E-state index is 12.8. The average Bonchev–Trinajstić information content (AvgIpc) is 2.62. The first-order valence-electron chi connectivity index (χ1n) is 7.64. The van der Waals surface area contributed by atoms with Gasteiger partial charge in [0, 0.05) is 19.6 Å². The van der Waals surface area contributed by atoms with Gasteiger partial charge in [-0.05, 0) is 36.5 Å². The molecule has 5 nitrogen and oxygen atoms in total. The van der Waals surface area contributed by atoms with Gasteiger partial charge in [0.2, 0.25) is 0 Å². The standard InChI is InChI=1S/C17H20N3O2S/c18-12-16-9-4-10-17(19-16)23(21,22)20-11-5-8-15(13-20)14-6-2-1-3-7-14/h1-7,9-10,15H,8,11-13,18H2. The molecule has 1 fully saturated rings. The van der Waals surface area contributed by atoms with Crippen LogP contribution in [0, 0.1) is 6.42 Å². The predicted molar refractivity (Wildman–Crippen MR) is 89.0 cm³/mol. The Kier molecular flexibility index (Phi) is 4.75. The number of piperidine rings is 1. The Hall–Kier alpha value is -1.76. The highest BCUT2D eigenvalue weighted by molar-refractivity contribution is 7.89. The summed E-state index contributed by atoms with van der Waals surface area (Å²) in [6, 6.07) is 15.0. The van der Waals surface area contributed by atoms with Crippen molar-refractivity contribution in [1.82, 2.24) is 9.29 Å². The van der Waals surface area contributed by atoms with Crippen molar-refractivity contribution in [3.05, 3.63) is 66.2 Å². The zero-order chi connectivity index (χ0) is 16.3. The minimum Gasteiger partial charge on any atom is -0.325 e. The van der Waals surface area contributed by atoms with Crippen LogP contribution in [0.5, 0.6) is 0 Å². The molecule has 0 bridgehead atoms. The Morgan fingerprint density at radius 2 is 1.91 bits per heavy atom. The molecule has 1 aromatic heterocycles. The summed E-state index contributed by atoms with van der Waals surface area (Å²) in [5, 5.41) is 0.0718. The Balaban J connectivity index is 1.85. The van der Waals surface area contributed by atoms with Gasteiger partial charge in [-0.3, -0.25) is 0 Å². The first-order chi connectivity index (χ1) is 11.1. The molecule has 1 aliphatic rings. The van der Waals surface area contributed by atoms with E-state index in [0.717, 1.165) is 12.0 Å². The molecule has 1 aliphatic heterocycles. The van der Waals surface area contributed by atoms with E-state index in [0.29, 0.717) is 18.8 Å². The molecule has 121 valence electrons. The summed E-state index contributed by atoms with van der Waals surface area (Å²) in [4.78, 5) is 4.17. The third-order valence-corrected chi connectivity index (χ3v) is 5.81. The van der Waals surface area contributed by atoms with E-state index in [2.05, 4.69) is 4.98 Å². The van der Waals surface area contributed by atoms with Crippen LogP contribution in [0.1, 0.15) is 23.6 Å². The van der Waals surface area contributed by atoms with Crippen molar-refractivity contribution in [2.75, 3.05) is 13.1 Å². The number of hydrogen-bond acceptors (Lipinski definition) is 4. The van der Waals surface area contributed by atoms with Crippen LogP contribution >= 0.6 is 0 Å². The largest absolute Gasteiger partial charge is 0.325 e. The molecular weight excluding hydrogens is 310 g/mol. The van der Waals surface area contributed by atoms with Gasteiger partial charge in [0.15, 0.2) is 5.03 Å². The summed E-state index contributed by atoms with van der Waals surface area (Å²) in [5.74, 6) is 0.178. The van der Waals surface area contributed by atoms with Gasteiger partial charge in [-0.2, -0.15) is 4.31 Å². The van der Waals surface area contributed by atoms with Crippen LogP contribution in [0.3, 0.4) is 0 Å². The molecule has 0 aliphatic carbocycles. The van der Waals surface area contributed by atoms with E-state index < -0.39 is 10.0 Å². The minimum atomic E-state index is -3.60. The number of hydrogen-bond donors (Lipinski definition) is 1. The third kappa shape index (κ3) is 3.44. The van der Waals surface area contributed by atoms with Crippen molar-refractivity contribution in [2.45, 2.75) is 23.9 Å². The highest BCUT2D eigenvalue weighted by atomic mass is 32.2. The minimum absolute atomic E-state index is 0.0718. The summed E-state index contributed by atoms with van der Waals surface area (Å²) in [6.07, 6.45) is 2.90. The van der Waals surface area contributed by atoms with Crippen molar-refractivity contribution in [2.24, 2.45) is 5.73 Å². The fourth-order valence-corrected chi connectivity index (χ4v) is 4.25. The average molecular weight is 330 g/mol. The molecule has 2 aromatic rings. The Bertz CT molecular complexity index is 762. The SMILES string of the molecule is NCc1cccc(S(=O)(=O)N2C[CH]CC(c3ccccc3)C2)n1. The monoisotopic (exact) mass is 330 g/mol. The van der Waals surface area contributed by atoms with E-state index in [1.165, 1.54) is 10.4 Å². The lowest BCUT2D eigenvalue weighted by molar-refractivity contribution is 0.359. The molecule has 3 rings (SSSR count). The van der Waals surface area contributed by atoms with Crippen LogP contribution < -0.4 is 5.73 Å². The van der Waals surface area contributed by atoms with E-state index in [9.17, 15) is 8.42 Å².